The van der Waals surface area contributed by atoms with Crippen molar-refractivity contribution in [3.63, 3.8) is 0 Å². The lowest BCUT2D eigenvalue weighted by Crippen LogP contribution is -2.30. The molecule has 0 aliphatic carbocycles. The summed E-state index contributed by atoms with van der Waals surface area (Å²) in [5.41, 5.74) is 1.61. The number of aromatic carboxylic acids is 1. The molecule has 1 aliphatic rings. The van der Waals surface area contributed by atoms with E-state index < -0.39 is 5.97 Å². The molecule has 7 heteroatoms. The Balaban J connectivity index is 0.000000370. The number of benzene rings is 1. The Morgan fingerprint density at radius 1 is 1.29 bits per heavy atom. The van der Waals surface area contributed by atoms with Crippen LogP contribution in [0.15, 0.2) is 18.7 Å². The molecule has 156 valence electrons. The van der Waals surface area contributed by atoms with Crippen LogP contribution in [-0.4, -0.2) is 47.8 Å². The summed E-state index contributed by atoms with van der Waals surface area (Å²) in [6.45, 7) is 12.1. The van der Waals surface area contributed by atoms with E-state index in [2.05, 4.69) is 16.8 Å². The van der Waals surface area contributed by atoms with Crippen molar-refractivity contribution >= 4 is 29.7 Å². The number of halogens is 1. The van der Waals surface area contributed by atoms with Crippen LogP contribution in [0.5, 0.6) is 0 Å². The predicted octanol–water partition coefficient (Wildman–Crippen LogP) is 4.81. The lowest BCUT2D eigenvalue weighted by molar-refractivity contribution is 0.0541. The van der Waals surface area contributed by atoms with Crippen LogP contribution in [0.4, 0.5) is 4.79 Å². The van der Waals surface area contributed by atoms with Crippen LogP contribution in [0.3, 0.4) is 0 Å². The van der Waals surface area contributed by atoms with Gasteiger partial charge in [-0.1, -0.05) is 30.7 Å². The molecule has 6 nitrogen and oxygen atoms in total. The summed E-state index contributed by atoms with van der Waals surface area (Å²) < 4.78 is 4.84. The number of nitrogens with one attached hydrogen (secondary N) is 1. The van der Waals surface area contributed by atoms with Gasteiger partial charge in [-0.2, -0.15) is 0 Å². The summed E-state index contributed by atoms with van der Waals surface area (Å²) >= 11 is 6.24. The minimum atomic E-state index is -0.963. The monoisotopic (exact) mass is 410 g/mol. The fraction of sp³-hybridized carbons (Fsp3) is 0.524. The third-order valence-corrected chi connectivity index (χ3v) is 4.47. The van der Waals surface area contributed by atoms with E-state index in [9.17, 15) is 9.59 Å². The number of piperidine rings is 1. The number of carbonyl (C=O) groups excluding carboxylic acids is 1. The van der Waals surface area contributed by atoms with E-state index in [-0.39, 0.29) is 17.3 Å². The Kier molecular flexibility index (Phi) is 9.49. The Bertz CT molecular complexity index is 692. The number of alkyl carbamates (subject to hydrolysis) is 1. The Labute approximate surface area is 172 Å². The number of rotatable bonds is 4. The summed E-state index contributed by atoms with van der Waals surface area (Å²) in [6, 6.07) is 3.16. The zero-order valence-corrected chi connectivity index (χ0v) is 17.9. The molecule has 1 heterocycles. The highest BCUT2D eigenvalue weighted by Crippen LogP contribution is 2.26. The maximum atomic E-state index is 11.0. The van der Waals surface area contributed by atoms with Crippen LogP contribution in [0, 0.1) is 0 Å². The number of likely N-dealkylation sites (tertiary alicyclic amines) is 1. The molecule has 2 N–H and O–H groups in total. The predicted molar refractivity (Wildman–Crippen MR) is 113 cm³/mol. The van der Waals surface area contributed by atoms with Gasteiger partial charge in [0.25, 0.3) is 0 Å². The van der Waals surface area contributed by atoms with E-state index in [0.717, 1.165) is 30.8 Å². The third kappa shape index (κ3) is 8.31. The molecule has 1 aromatic carbocycles. The molecule has 0 aromatic heterocycles. The van der Waals surface area contributed by atoms with Gasteiger partial charge in [0.15, 0.2) is 0 Å². The first-order valence-electron chi connectivity index (χ1n) is 9.38. The fourth-order valence-corrected chi connectivity index (χ4v) is 3.09. The van der Waals surface area contributed by atoms with Crippen molar-refractivity contribution in [2.24, 2.45) is 0 Å². The second-order valence-electron chi connectivity index (χ2n) is 7.62. The molecule has 0 atom stereocenters. The van der Waals surface area contributed by atoms with Crippen molar-refractivity contribution in [2.45, 2.75) is 52.2 Å². The van der Waals surface area contributed by atoms with Gasteiger partial charge in [-0.15, -0.1) is 0 Å². The van der Waals surface area contributed by atoms with E-state index in [1.807, 2.05) is 20.8 Å². The van der Waals surface area contributed by atoms with Crippen molar-refractivity contribution in [1.29, 1.82) is 0 Å². The maximum Gasteiger partial charge on any atom is 0.407 e. The van der Waals surface area contributed by atoms with E-state index >= 15 is 0 Å². The molecular formula is C21H31ClN2O4. The standard InChI is InChI=1S/C15H18ClNO2.C6H13NO2/c1-2-11-8-12(15(18)19)9-14(16)13(11)10-17-6-4-3-5-7-17;1-6(2,3)9-5(8)7-4/h2,8-9H,1,3-7,10H2,(H,18,19);1-4H3,(H,7,8). The zero-order chi connectivity index (χ0) is 21.3. The van der Waals surface area contributed by atoms with Gasteiger partial charge in [0.1, 0.15) is 5.60 Å². The summed E-state index contributed by atoms with van der Waals surface area (Å²) in [7, 11) is 1.54. The van der Waals surface area contributed by atoms with Crippen molar-refractivity contribution < 1.29 is 19.4 Å². The van der Waals surface area contributed by atoms with Gasteiger partial charge in [0.05, 0.1) is 5.56 Å². The highest BCUT2D eigenvalue weighted by atomic mass is 35.5. The topological polar surface area (TPSA) is 78.9 Å². The van der Waals surface area contributed by atoms with Gasteiger partial charge in [-0.3, -0.25) is 4.90 Å². The first-order chi connectivity index (χ1) is 13.1. The highest BCUT2D eigenvalue weighted by Gasteiger charge is 2.16. The summed E-state index contributed by atoms with van der Waals surface area (Å²) in [6.07, 6.45) is 5.01. The number of carbonyl (C=O) groups is 2. The Morgan fingerprint density at radius 3 is 2.32 bits per heavy atom. The minimum absolute atomic E-state index is 0.210. The molecule has 1 aliphatic heterocycles. The number of amides is 1. The minimum Gasteiger partial charge on any atom is -0.478 e. The molecule has 0 unspecified atom stereocenters. The number of nitrogens with zero attached hydrogens (tertiary/aromatic N) is 1. The molecule has 0 bridgehead atoms. The molecule has 0 spiro atoms. The van der Waals surface area contributed by atoms with Gasteiger partial charge in [0.2, 0.25) is 0 Å². The van der Waals surface area contributed by atoms with Crippen molar-refractivity contribution in [3.8, 4) is 0 Å². The van der Waals surface area contributed by atoms with Gasteiger partial charge >= 0.3 is 12.1 Å². The molecule has 0 saturated carbocycles. The molecule has 1 aromatic rings. The van der Waals surface area contributed by atoms with Gasteiger partial charge < -0.3 is 15.2 Å². The lowest BCUT2D eigenvalue weighted by Gasteiger charge is -2.27. The largest absolute Gasteiger partial charge is 0.478 e. The highest BCUT2D eigenvalue weighted by molar-refractivity contribution is 6.32. The molecule has 1 saturated heterocycles. The molecule has 2 rings (SSSR count). The van der Waals surface area contributed by atoms with Crippen LogP contribution in [0.25, 0.3) is 6.08 Å². The van der Waals surface area contributed by atoms with Crippen LogP contribution < -0.4 is 5.32 Å². The molecular weight excluding hydrogens is 380 g/mol. The number of carboxylic acids is 1. The molecule has 1 fully saturated rings. The van der Waals surface area contributed by atoms with E-state index in [0.29, 0.717) is 5.02 Å². The number of ether oxygens (including phenoxy) is 1. The van der Waals surface area contributed by atoms with Gasteiger partial charge in [-0.25, -0.2) is 9.59 Å². The van der Waals surface area contributed by atoms with Gasteiger partial charge in [0, 0.05) is 18.6 Å². The number of carboxylic acid groups (broad SMARTS) is 1. The van der Waals surface area contributed by atoms with Crippen LogP contribution in [0.1, 0.15) is 61.5 Å². The van der Waals surface area contributed by atoms with E-state index in [4.69, 9.17) is 21.4 Å². The first kappa shape index (κ1) is 24.0. The molecule has 28 heavy (non-hydrogen) atoms. The SMILES string of the molecule is C=Cc1cc(C(=O)O)cc(Cl)c1CN1CCCCC1.CNC(=O)OC(C)(C)C. The van der Waals surface area contributed by atoms with Gasteiger partial charge in [-0.05, 0) is 70.0 Å². The lowest BCUT2D eigenvalue weighted by atomic mass is 10.0. The number of hydrogen-bond acceptors (Lipinski definition) is 4. The normalized spacial score (nSPS) is 14.5. The summed E-state index contributed by atoms with van der Waals surface area (Å²) in [5, 5.41) is 11.9. The third-order valence-electron chi connectivity index (χ3n) is 4.13. The first-order valence-corrected chi connectivity index (χ1v) is 9.76. The average molecular weight is 411 g/mol. The Hall–Kier alpha value is -2.05. The second-order valence-corrected chi connectivity index (χ2v) is 8.03. The average Bonchev–Trinajstić information content (AvgIpc) is 2.63. The van der Waals surface area contributed by atoms with Crippen LogP contribution >= 0.6 is 11.6 Å². The van der Waals surface area contributed by atoms with Crippen molar-refractivity contribution in [1.82, 2.24) is 10.2 Å². The number of hydrogen-bond donors (Lipinski definition) is 2. The summed E-state index contributed by atoms with van der Waals surface area (Å²) in [5.74, 6) is -0.963. The van der Waals surface area contributed by atoms with E-state index in [1.54, 1.807) is 12.1 Å². The maximum absolute atomic E-state index is 11.0. The summed E-state index contributed by atoms with van der Waals surface area (Å²) in [4.78, 5) is 23.9. The smallest absolute Gasteiger partial charge is 0.407 e. The fourth-order valence-electron chi connectivity index (χ4n) is 2.80. The molecule has 1 amide bonds. The quantitative estimate of drug-likeness (QED) is 0.744. The molecule has 0 radical (unpaired) electrons. The van der Waals surface area contributed by atoms with Crippen LogP contribution in [-0.2, 0) is 11.3 Å². The zero-order valence-electron chi connectivity index (χ0n) is 17.2. The van der Waals surface area contributed by atoms with E-state index in [1.165, 1.54) is 32.4 Å². The van der Waals surface area contributed by atoms with Crippen molar-refractivity contribution in [3.05, 3.63) is 40.4 Å². The Morgan fingerprint density at radius 2 is 1.89 bits per heavy atom. The van der Waals surface area contributed by atoms with Crippen LogP contribution in [0.2, 0.25) is 5.02 Å². The van der Waals surface area contributed by atoms with Crippen molar-refractivity contribution in [2.75, 3.05) is 20.1 Å². The second kappa shape index (κ2) is 11.1.